The highest BCUT2D eigenvalue weighted by atomic mass is 32.2. The zero-order chi connectivity index (χ0) is 17.7. The molecular weight excluding hydrogens is 328 g/mol. The highest BCUT2D eigenvalue weighted by molar-refractivity contribution is 8.01. The predicted molar refractivity (Wildman–Crippen MR) is 102 cm³/mol. The van der Waals surface area contributed by atoms with Gasteiger partial charge in [0.05, 0.1) is 4.75 Å². The van der Waals surface area contributed by atoms with Crippen molar-refractivity contribution in [1.82, 2.24) is 0 Å². The second-order valence-corrected chi connectivity index (χ2v) is 10.1. The minimum Gasteiger partial charge on any atom is -0.299 e. The van der Waals surface area contributed by atoms with Gasteiger partial charge in [0.25, 0.3) is 0 Å². The molecule has 3 fully saturated rings. The van der Waals surface area contributed by atoms with Gasteiger partial charge in [0.1, 0.15) is 11.6 Å². The second kappa shape index (κ2) is 6.26. The summed E-state index contributed by atoms with van der Waals surface area (Å²) in [5.74, 6) is 1.45. The smallest absolute Gasteiger partial charge is 0.149 e. The van der Waals surface area contributed by atoms with Gasteiger partial charge in [-0.3, -0.25) is 9.59 Å². The Hall–Kier alpha value is -1.09. The normalized spacial score (nSPS) is 41.1. The quantitative estimate of drug-likeness (QED) is 0.721. The third-order valence-corrected chi connectivity index (χ3v) is 8.87. The molecule has 0 saturated heterocycles. The molecule has 3 heteroatoms. The van der Waals surface area contributed by atoms with E-state index in [1.54, 1.807) is 11.8 Å². The first-order valence-corrected chi connectivity index (χ1v) is 10.6. The molecule has 0 aliphatic heterocycles. The zero-order valence-corrected chi connectivity index (χ0v) is 16.1. The summed E-state index contributed by atoms with van der Waals surface area (Å²) in [6.45, 7) is 4.41. The first-order valence-electron chi connectivity index (χ1n) is 9.76. The highest BCUT2D eigenvalue weighted by Gasteiger charge is 2.63. The number of Topliss-reactive ketones (excluding diaryl/α,β-unsaturated/α-hetero) is 2. The number of benzene rings is 1. The average molecular weight is 357 g/mol. The van der Waals surface area contributed by atoms with Gasteiger partial charge in [-0.25, -0.2) is 0 Å². The number of hydrogen-bond donors (Lipinski definition) is 0. The molecule has 0 unspecified atom stereocenters. The molecular formula is C22H28O2S. The highest BCUT2D eigenvalue weighted by Crippen LogP contribution is 2.64. The lowest BCUT2D eigenvalue weighted by Gasteiger charge is -2.60. The first kappa shape index (κ1) is 17.3. The van der Waals surface area contributed by atoms with E-state index < -0.39 is 4.75 Å². The summed E-state index contributed by atoms with van der Waals surface area (Å²) >= 11 is 1.76. The Balaban J connectivity index is 1.79. The average Bonchev–Trinajstić information content (AvgIpc) is 2.60. The van der Waals surface area contributed by atoms with E-state index in [0.29, 0.717) is 30.3 Å². The maximum Gasteiger partial charge on any atom is 0.149 e. The minimum absolute atomic E-state index is 0.000141. The van der Waals surface area contributed by atoms with E-state index >= 15 is 0 Å². The molecule has 5 atom stereocenters. The molecule has 4 rings (SSSR count). The topological polar surface area (TPSA) is 34.1 Å². The van der Waals surface area contributed by atoms with Crippen LogP contribution in [-0.2, 0) is 9.59 Å². The maximum absolute atomic E-state index is 13.5. The Morgan fingerprint density at radius 2 is 1.84 bits per heavy atom. The van der Waals surface area contributed by atoms with Crippen LogP contribution < -0.4 is 0 Å². The fourth-order valence-corrected chi connectivity index (χ4v) is 7.58. The van der Waals surface area contributed by atoms with Gasteiger partial charge in [-0.2, -0.15) is 0 Å². The molecule has 3 aliphatic carbocycles. The van der Waals surface area contributed by atoms with E-state index in [1.807, 2.05) is 25.1 Å². The van der Waals surface area contributed by atoms with Gasteiger partial charge >= 0.3 is 0 Å². The first-order chi connectivity index (χ1) is 12.0. The standard InChI is InChI=1S/C22H28O2S/c1-15-14-22(25-17-9-4-3-5-10-17)19(13-18(15)23)21(2)11-7-6-8-16(21)12-20(22)24/h3-5,9-10,15-16,19H,6-8,11-14H2,1-2H3/t15-,16+,19-,21+,22-/m1/s1. The van der Waals surface area contributed by atoms with Crippen molar-refractivity contribution in [3.63, 3.8) is 0 Å². The monoisotopic (exact) mass is 356 g/mol. The van der Waals surface area contributed by atoms with Crippen LogP contribution in [0.2, 0.25) is 0 Å². The molecule has 2 nitrogen and oxygen atoms in total. The SMILES string of the molecule is C[C@@H]1C[C@]2(Sc3ccccc3)C(=O)C[C@@H]3CCCC[C@]3(C)[C@H]2CC1=O. The third-order valence-electron chi connectivity index (χ3n) is 7.32. The molecule has 0 spiro atoms. The van der Waals surface area contributed by atoms with E-state index in [9.17, 15) is 9.59 Å². The molecule has 0 N–H and O–H groups in total. The summed E-state index contributed by atoms with van der Waals surface area (Å²) in [4.78, 5) is 27.3. The molecule has 3 saturated carbocycles. The van der Waals surface area contributed by atoms with Crippen LogP contribution in [0.1, 0.15) is 58.8 Å². The predicted octanol–water partition coefficient (Wildman–Crippen LogP) is 5.30. The Morgan fingerprint density at radius 3 is 2.60 bits per heavy atom. The van der Waals surface area contributed by atoms with E-state index in [1.165, 1.54) is 24.2 Å². The fraction of sp³-hybridized carbons (Fsp3) is 0.636. The van der Waals surface area contributed by atoms with Crippen LogP contribution in [0.4, 0.5) is 0 Å². The van der Waals surface area contributed by atoms with Gasteiger partial charge in [0, 0.05) is 23.7 Å². The van der Waals surface area contributed by atoms with Crippen LogP contribution in [0.3, 0.4) is 0 Å². The second-order valence-electron chi connectivity index (χ2n) is 8.71. The van der Waals surface area contributed by atoms with Crippen molar-refractivity contribution in [2.24, 2.45) is 23.2 Å². The van der Waals surface area contributed by atoms with Crippen LogP contribution in [0, 0.1) is 23.2 Å². The lowest BCUT2D eigenvalue weighted by Crippen LogP contribution is -2.62. The lowest BCUT2D eigenvalue weighted by atomic mass is 9.48. The summed E-state index contributed by atoms with van der Waals surface area (Å²) in [6, 6.07) is 10.3. The molecule has 0 bridgehead atoms. The minimum atomic E-state index is -0.405. The van der Waals surface area contributed by atoms with Crippen LogP contribution >= 0.6 is 11.8 Å². The summed E-state index contributed by atoms with van der Waals surface area (Å²) < 4.78 is -0.405. The van der Waals surface area contributed by atoms with Crippen LogP contribution in [-0.4, -0.2) is 16.3 Å². The summed E-state index contributed by atoms with van der Waals surface area (Å²) in [5.41, 5.74) is 0.143. The number of carbonyl (C=O) groups excluding carboxylic acids is 2. The molecule has 0 heterocycles. The van der Waals surface area contributed by atoms with Gasteiger partial charge in [0.15, 0.2) is 0 Å². The molecule has 0 radical (unpaired) electrons. The number of rotatable bonds is 2. The van der Waals surface area contributed by atoms with Gasteiger partial charge in [-0.05, 0) is 48.6 Å². The Labute approximate surface area is 155 Å². The van der Waals surface area contributed by atoms with Gasteiger partial charge in [-0.15, -0.1) is 11.8 Å². The molecule has 1 aromatic rings. The number of carbonyl (C=O) groups is 2. The van der Waals surface area contributed by atoms with Gasteiger partial charge in [-0.1, -0.05) is 44.9 Å². The van der Waals surface area contributed by atoms with Crippen molar-refractivity contribution in [1.29, 1.82) is 0 Å². The van der Waals surface area contributed by atoms with Crippen molar-refractivity contribution in [3.8, 4) is 0 Å². The molecule has 3 aliphatic rings. The lowest BCUT2D eigenvalue weighted by molar-refractivity contribution is -0.145. The van der Waals surface area contributed by atoms with Gasteiger partial charge in [0.2, 0.25) is 0 Å². The van der Waals surface area contributed by atoms with Gasteiger partial charge < -0.3 is 0 Å². The fourth-order valence-electron chi connectivity index (χ4n) is 5.84. The molecule has 1 aromatic carbocycles. The Kier molecular flexibility index (Phi) is 4.34. The molecule has 0 aromatic heterocycles. The summed E-state index contributed by atoms with van der Waals surface area (Å²) in [7, 11) is 0. The van der Waals surface area contributed by atoms with Crippen molar-refractivity contribution in [2.75, 3.05) is 0 Å². The van der Waals surface area contributed by atoms with Crippen molar-refractivity contribution in [3.05, 3.63) is 30.3 Å². The molecule has 25 heavy (non-hydrogen) atoms. The number of fused-ring (bicyclic) bond motifs is 3. The number of ketones is 2. The Bertz CT molecular complexity index is 685. The largest absolute Gasteiger partial charge is 0.299 e. The van der Waals surface area contributed by atoms with Crippen LogP contribution in [0.5, 0.6) is 0 Å². The van der Waals surface area contributed by atoms with Crippen LogP contribution in [0.15, 0.2) is 35.2 Å². The third kappa shape index (κ3) is 2.70. The summed E-state index contributed by atoms with van der Waals surface area (Å²) in [6.07, 6.45) is 6.85. The van der Waals surface area contributed by atoms with E-state index in [0.717, 1.165) is 12.8 Å². The maximum atomic E-state index is 13.5. The van der Waals surface area contributed by atoms with E-state index in [2.05, 4.69) is 19.1 Å². The zero-order valence-electron chi connectivity index (χ0n) is 15.3. The Morgan fingerprint density at radius 1 is 1.08 bits per heavy atom. The number of hydrogen-bond acceptors (Lipinski definition) is 3. The van der Waals surface area contributed by atoms with E-state index in [4.69, 9.17) is 0 Å². The van der Waals surface area contributed by atoms with Crippen molar-refractivity contribution in [2.45, 2.75) is 68.4 Å². The summed E-state index contributed by atoms with van der Waals surface area (Å²) in [5, 5.41) is 0. The number of thioether (sulfide) groups is 1. The molecule has 0 amide bonds. The van der Waals surface area contributed by atoms with Crippen molar-refractivity contribution < 1.29 is 9.59 Å². The van der Waals surface area contributed by atoms with Crippen molar-refractivity contribution >= 4 is 23.3 Å². The van der Waals surface area contributed by atoms with E-state index in [-0.39, 0.29) is 17.3 Å². The van der Waals surface area contributed by atoms with Crippen LogP contribution in [0.25, 0.3) is 0 Å². The molecule has 134 valence electrons.